The summed E-state index contributed by atoms with van der Waals surface area (Å²) in [5.74, 6) is 1.79. The number of Topliss-reactive ketones (excluding diaryl/α,β-unsaturated/α-hetero) is 1. The summed E-state index contributed by atoms with van der Waals surface area (Å²) >= 11 is 0. The molecule has 2 aromatic rings. The number of amides is 1. The number of nitrogens with zero attached hydrogens (tertiary/aromatic N) is 4. The zero-order chi connectivity index (χ0) is 20.5. The predicted octanol–water partition coefficient (Wildman–Crippen LogP) is 2.42. The van der Waals surface area contributed by atoms with E-state index in [4.69, 9.17) is 4.98 Å². The van der Waals surface area contributed by atoms with Crippen LogP contribution in [0.2, 0.25) is 0 Å². The summed E-state index contributed by atoms with van der Waals surface area (Å²) in [7, 11) is 0. The van der Waals surface area contributed by atoms with Crippen molar-refractivity contribution in [2.75, 3.05) is 42.5 Å². The Kier molecular flexibility index (Phi) is 5.22. The monoisotopic (exact) mass is 393 g/mol. The average Bonchev–Trinajstić information content (AvgIpc) is 2.73. The molecule has 0 saturated carbocycles. The third-order valence-corrected chi connectivity index (χ3v) is 5.61. The molecule has 29 heavy (non-hydrogen) atoms. The summed E-state index contributed by atoms with van der Waals surface area (Å²) in [6.07, 6.45) is 0.765. The van der Waals surface area contributed by atoms with Gasteiger partial charge in [-0.15, -0.1) is 0 Å². The van der Waals surface area contributed by atoms with Gasteiger partial charge in [0.15, 0.2) is 5.78 Å². The molecule has 3 heterocycles. The second kappa shape index (κ2) is 7.81. The van der Waals surface area contributed by atoms with Crippen LogP contribution in [-0.2, 0) is 6.42 Å². The molecule has 7 nitrogen and oxygen atoms in total. The van der Waals surface area contributed by atoms with Gasteiger partial charge >= 0.3 is 0 Å². The zero-order valence-electron chi connectivity index (χ0n) is 17.2. The standard InChI is InChI=1S/C22H27N5O2/c1-14(2)20-24-19-18(8-9-23-22(19)29)21(25-20)27-12-10-26(11-13-27)17-6-4-16(5-7-17)15(3)28/h4-7,14H,8-13H2,1-3H3,(H,23,29). The number of ketones is 1. The lowest BCUT2D eigenvalue weighted by Crippen LogP contribution is -2.48. The molecule has 0 spiro atoms. The lowest BCUT2D eigenvalue weighted by Gasteiger charge is -2.38. The summed E-state index contributed by atoms with van der Waals surface area (Å²) in [4.78, 5) is 37.8. The van der Waals surface area contributed by atoms with E-state index in [1.807, 2.05) is 24.3 Å². The Bertz CT molecular complexity index is 931. The summed E-state index contributed by atoms with van der Waals surface area (Å²) in [6, 6.07) is 7.80. The van der Waals surface area contributed by atoms with Gasteiger partial charge in [-0.25, -0.2) is 9.97 Å². The van der Waals surface area contributed by atoms with E-state index >= 15 is 0 Å². The minimum atomic E-state index is -0.0963. The van der Waals surface area contributed by atoms with Crippen LogP contribution in [0, 0.1) is 0 Å². The minimum absolute atomic E-state index is 0.0832. The van der Waals surface area contributed by atoms with Crippen molar-refractivity contribution in [3.8, 4) is 0 Å². The Balaban J connectivity index is 1.55. The lowest BCUT2D eigenvalue weighted by molar-refractivity contribution is 0.0939. The van der Waals surface area contributed by atoms with Crippen LogP contribution in [0.3, 0.4) is 0 Å². The maximum atomic E-state index is 12.4. The number of rotatable bonds is 4. The van der Waals surface area contributed by atoms with Crippen LogP contribution in [0.1, 0.15) is 58.9 Å². The molecular weight excluding hydrogens is 366 g/mol. The summed E-state index contributed by atoms with van der Waals surface area (Å²) in [5, 5.41) is 2.90. The quantitative estimate of drug-likeness (QED) is 0.804. The number of hydrogen-bond donors (Lipinski definition) is 1. The van der Waals surface area contributed by atoms with E-state index in [0.717, 1.165) is 61.1 Å². The van der Waals surface area contributed by atoms with Crippen LogP contribution in [0.15, 0.2) is 24.3 Å². The van der Waals surface area contributed by atoms with Gasteiger partial charge in [-0.2, -0.15) is 0 Å². The Morgan fingerprint density at radius 3 is 2.31 bits per heavy atom. The molecule has 1 saturated heterocycles. The van der Waals surface area contributed by atoms with Crippen LogP contribution in [0.5, 0.6) is 0 Å². The predicted molar refractivity (Wildman–Crippen MR) is 113 cm³/mol. The van der Waals surface area contributed by atoms with Gasteiger partial charge in [0, 0.05) is 55.5 Å². The van der Waals surface area contributed by atoms with Gasteiger partial charge in [-0.3, -0.25) is 9.59 Å². The van der Waals surface area contributed by atoms with Crippen molar-refractivity contribution < 1.29 is 9.59 Å². The molecule has 0 unspecified atom stereocenters. The fourth-order valence-corrected chi connectivity index (χ4v) is 3.89. The van der Waals surface area contributed by atoms with Crippen molar-refractivity contribution >= 4 is 23.2 Å². The van der Waals surface area contributed by atoms with Gasteiger partial charge in [0.2, 0.25) is 0 Å². The number of benzene rings is 1. The van der Waals surface area contributed by atoms with Gasteiger partial charge in [0.1, 0.15) is 17.3 Å². The Morgan fingerprint density at radius 1 is 1.03 bits per heavy atom. The van der Waals surface area contributed by atoms with Gasteiger partial charge < -0.3 is 15.1 Å². The highest BCUT2D eigenvalue weighted by Crippen LogP contribution is 2.28. The Hall–Kier alpha value is -2.96. The number of aromatic nitrogens is 2. The molecule has 7 heteroatoms. The first kappa shape index (κ1) is 19.4. The van der Waals surface area contributed by atoms with E-state index in [2.05, 4.69) is 33.9 Å². The van der Waals surface area contributed by atoms with E-state index in [-0.39, 0.29) is 17.6 Å². The van der Waals surface area contributed by atoms with Crippen molar-refractivity contribution in [2.24, 2.45) is 0 Å². The number of hydrogen-bond acceptors (Lipinski definition) is 6. The molecule has 1 amide bonds. The van der Waals surface area contributed by atoms with Gasteiger partial charge in [-0.05, 0) is 37.6 Å². The maximum Gasteiger partial charge on any atom is 0.270 e. The molecule has 4 rings (SSSR count). The number of carbonyl (C=O) groups is 2. The van der Waals surface area contributed by atoms with E-state index in [9.17, 15) is 9.59 Å². The molecule has 0 radical (unpaired) electrons. The molecule has 0 bridgehead atoms. The molecular formula is C22H27N5O2. The molecule has 2 aliphatic heterocycles. The van der Waals surface area contributed by atoms with Crippen molar-refractivity contribution in [2.45, 2.75) is 33.1 Å². The number of carbonyl (C=O) groups excluding carboxylic acids is 2. The first-order valence-corrected chi connectivity index (χ1v) is 10.2. The largest absolute Gasteiger partial charge is 0.368 e. The third-order valence-electron chi connectivity index (χ3n) is 5.61. The molecule has 1 aromatic heterocycles. The highest BCUT2D eigenvalue weighted by molar-refractivity contribution is 5.96. The molecule has 1 aromatic carbocycles. The Morgan fingerprint density at radius 2 is 1.69 bits per heavy atom. The maximum absolute atomic E-state index is 12.4. The van der Waals surface area contributed by atoms with Crippen LogP contribution < -0.4 is 15.1 Å². The number of piperazine rings is 1. The second-order valence-corrected chi connectivity index (χ2v) is 7.97. The molecule has 152 valence electrons. The van der Waals surface area contributed by atoms with Crippen LogP contribution in [0.25, 0.3) is 0 Å². The highest BCUT2D eigenvalue weighted by atomic mass is 16.2. The highest BCUT2D eigenvalue weighted by Gasteiger charge is 2.28. The van der Waals surface area contributed by atoms with Crippen molar-refractivity contribution in [3.05, 3.63) is 46.9 Å². The first-order valence-electron chi connectivity index (χ1n) is 10.2. The van der Waals surface area contributed by atoms with Crippen LogP contribution in [-0.4, -0.2) is 54.4 Å². The zero-order valence-corrected chi connectivity index (χ0v) is 17.2. The summed E-state index contributed by atoms with van der Waals surface area (Å²) in [5.41, 5.74) is 3.37. The fourth-order valence-electron chi connectivity index (χ4n) is 3.89. The van der Waals surface area contributed by atoms with Gasteiger partial charge in [0.05, 0.1) is 0 Å². The average molecular weight is 393 g/mol. The molecule has 2 aliphatic rings. The lowest BCUT2D eigenvalue weighted by atomic mass is 10.0. The number of anilines is 2. The molecule has 0 atom stereocenters. The third kappa shape index (κ3) is 3.81. The Labute approximate surface area is 171 Å². The first-order chi connectivity index (χ1) is 13.9. The van der Waals surface area contributed by atoms with Gasteiger partial charge in [0.25, 0.3) is 5.91 Å². The minimum Gasteiger partial charge on any atom is -0.368 e. The van der Waals surface area contributed by atoms with Crippen molar-refractivity contribution in [1.29, 1.82) is 0 Å². The van der Waals surface area contributed by atoms with E-state index in [1.54, 1.807) is 6.92 Å². The van der Waals surface area contributed by atoms with E-state index in [1.165, 1.54) is 0 Å². The normalized spacial score (nSPS) is 16.6. The van der Waals surface area contributed by atoms with E-state index in [0.29, 0.717) is 12.2 Å². The van der Waals surface area contributed by atoms with Crippen molar-refractivity contribution in [3.63, 3.8) is 0 Å². The SMILES string of the molecule is CC(=O)c1ccc(N2CCN(c3nc(C(C)C)nc4c3CCNC4=O)CC2)cc1. The summed E-state index contributed by atoms with van der Waals surface area (Å²) in [6.45, 7) is 9.70. The molecule has 1 N–H and O–H groups in total. The van der Waals surface area contributed by atoms with Crippen LogP contribution in [0.4, 0.5) is 11.5 Å². The van der Waals surface area contributed by atoms with E-state index < -0.39 is 0 Å². The van der Waals surface area contributed by atoms with Gasteiger partial charge in [-0.1, -0.05) is 13.8 Å². The molecule has 0 aliphatic carbocycles. The number of nitrogens with one attached hydrogen (secondary N) is 1. The van der Waals surface area contributed by atoms with Crippen LogP contribution >= 0.6 is 0 Å². The second-order valence-electron chi connectivity index (χ2n) is 7.97. The van der Waals surface area contributed by atoms with Crippen molar-refractivity contribution in [1.82, 2.24) is 15.3 Å². The molecule has 1 fully saturated rings. The smallest absolute Gasteiger partial charge is 0.270 e. The summed E-state index contributed by atoms with van der Waals surface area (Å²) < 4.78 is 0. The fraction of sp³-hybridized carbons (Fsp3) is 0.455. The topological polar surface area (TPSA) is 78.4 Å². The number of fused-ring (bicyclic) bond motifs is 1.